The molecule has 3 N–H and O–H groups in total. The van der Waals surface area contributed by atoms with E-state index >= 15 is 0 Å². The van der Waals surface area contributed by atoms with Gasteiger partial charge in [0.05, 0.1) is 5.56 Å². The fourth-order valence-electron chi connectivity index (χ4n) is 4.03. The highest BCUT2D eigenvalue weighted by Crippen LogP contribution is 2.32. The summed E-state index contributed by atoms with van der Waals surface area (Å²) < 4.78 is 38.8. The number of carbonyl (C=O) groups is 3. The fraction of sp³-hybridized carbons (Fsp3) is 0.133. The summed E-state index contributed by atoms with van der Waals surface area (Å²) in [5.74, 6) is -0.866. The van der Waals surface area contributed by atoms with E-state index in [1.807, 2.05) is 0 Å². The van der Waals surface area contributed by atoms with Crippen molar-refractivity contribution in [2.24, 2.45) is 0 Å². The largest absolute Gasteiger partial charge is 0.416 e. The molecule has 4 aromatic rings. The van der Waals surface area contributed by atoms with E-state index in [0.29, 0.717) is 28.2 Å². The number of aromatic nitrogens is 1. The number of amides is 3. The Morgan fingerprint density at radius 2 is 1.50 bits per heavy atom. The van der Waals surface area contributed by atoms with Crippen molar-refractivity contribution < 1.29 is 27.6 Å². The second-order valence-electron chi connectivity index (χ2n) is 8.93. The van der Waals surface area contributed by atoms with Crippen molar-refractivity contribution in [2.45, 2.75) is 25.6 Å². The molecular weight excluding hydrogens is 521 g/mol. The molecule has 1 atom stereocenters. The summed E-state index contributed by atoms with van der Waals surface area (Å²) in [6, 6.07) is 22.3. The van der Waals surface area contributed by atoms with Crippen LogP contribution in [0.1, 0.15) is 28.4 Å². The van der Waals surface area contributed by atoms with Crippen LogP contribution in [0.25, 0.3) is 11.1 Å². The summed E-state index contributed by atoms with van der Waals surface area (Å²) >= 11 is 0. The van der Waals surface area contributed by atoms with Crippen molar-refractivity contribution in [2.75, 3.05) is 10.6 Å². The molecule has 0 bridgehead atoms. The average Bonchev–Trinajstić information content (AvgIpc) is 2.93. The molecule has 0 saturated heterocycles. The molecule has 0 radical (unpaired) electrons. The lowest BCUT2D eigenvalue weighted by Crippen LogP contribution is -2.44. The van der Waals surface area contributed by atoms with Gasteiger partial charge >= 0.3 is 6.18 Å². The molecule has 40 heavy (non-hydrogen) atoms. The van der Waals surface area contributed by atoms with Crippen molar-refractivity contribution in [3.63, 3.8) is 0 Å². The van der Waals surface area contributed by atoms with Crippen LogP contribution in [-0.2, 0) is 22.2 Å². The van der Waals surface area contributed by atoms with Crippen molar-refractivity contribution in [1.29, 1.82) is 0 Å². The third-order valence-corrected chi connectivity index (χ3v) is 5.96. The van der Waals surface area contributed by atoms with E-state index in [1.165, 1.54) is 25.3 Å². The molecule has 10 heteroatoms. The van der Waals surface area contributed by atoms with Gasteiger partial charge in [-0.3, -0.25) is 14.4 Å². The number of benzene rings is 3. The minimum absolute atomic E-state index is 0.198. The zero-order chi connectivity index (χ0) is 28.7. The van der Waals surface area contributed by atoms with Gasteiger partial charge in [-0.25, -0.2) is 4.98 Å². The highest BCUT2D eigenvalue weighted by Gasteiger charge is 2.30. The van der Waals surface area contributed by atoms with Gasteiger partial charge in [0.2, 0.25) is 11.8 Å². The maximum atomic E-state index is 13.1. The van der Waals surface area contributed by atoms with Crippen LogP contribution < -0.4 is 16.0 Å². The van der Waals surface area contributed by atoms with Crippen LogP contribution in [0, 0.1) is 0 Å². The molecule has 0 aliphatic heterocycles. The number of pyridine rings is 1. The molecule has 0 saturated carbocycles. The quantitative estimate of drug-likeness (QED) is 0.264. The van der Waals surface area contributed by atoms with Gasteiger partial charge in [0.1, 0.15) is 11.9 Å². The third kappa shape index (κ3) is 7.31. The zero-order valence-electron chi connectivity index (χ0n) is 21.3. The summed E-state index contributed by atoms with van der Waals surface area (Å²) in [6.07, 6.45) is -2.71. The monoisotopic (exact) mass is 546 g/mol. The van der Waals surface area contributed by atoms with E-state index in [9.17, 15) is 27.6 Å². The molecule has 0 spiro atoms. The summed E-state index contributed by atoms with van der Waals surface area (Å²) in [7, 11) is 0. The molecule has 1 heterocycles. The molecule has 3 amide bonds. The molecule has 3 aromatic carbocycles. The predicted molar refractivity (Wildman–Crippen MR) is 145 cm³/mol. The molecule has 7 nitrogen and oxygen atoms in total. The van der Waals surface area contributed by atoms with E-state index in [0.717, 1.165) is 17.7 Å². The molecule has 0 aliphatic carbocycles. The second-order valence-corrected chi connectivity index (χ2v) is 8.93. The summed E-state index contributed by atoms with van der Waals surface area (Å²) in [5.41, 5.74) is 1.70. The van der Waals surface area contributed by atoms with Crippen LogP contribution in [0.3, 0.4) is 0 Å². The van der Waals surface area contributed by atoms with E-state index in [1.54, 1.807) is 66.7 Å². The van der Waals surface area contributed by atoms with Crippen LogP contribution in [0.15, 0.2) is 97.2 Å². The lowest BCUT2D eigenvalue weighted by atomic mass is 9.98. The average molecular weight is 547 g/mol. The highest BCUT2D eigenvalue weighted by atomic mass is 19.4. The zero-order valence-corrected chi connectivity index (χ0v) is 21.3. The van der Waals surface area contributed by atoms with Gasteiger partial charge in [0.25, 0.3) is 5.91 Å². The Kier molecular flexibility index (Phi) is 8.58. The van der Waals surface area contributed by atoms with Gasteiger partial charge in [-0.05, 0) is 59.2 Å². The number of hydrogen-bond acceptors (Lipinski definition) is 4. The summed E-state index contributed by atoms with van der Waals surface area (Å²) in [5, 5.41) is 8.11. The first-order chi connectivity index (χ1) is 19.1. The van der Waals surface area contributed by atoms with Crippen molar-refractivity contribution in [3.05, 3.63) is 114 Å². The maximum Gasteiger partial charge on any atom is 0.416 e. The van der Waals surface area contributed by atoms with Gasteiger partial charge in [0, 0.05) is 30.8 Å². The third-order valence-electron chi connectivity index (χ3n) is 5.96. The van der Waals surface area contributed by atoms with Crippen LogP contribution in [0.2, 0.25) is 0 Å². The van der Waals surface area contributed by atoms with Gasteiger partial charge in [0.15, 0.2) is 0 Å². The van der Waals surface area contributed by atoms with Gasteiger partial charge in [-0.2, -0.15) is 13.2 Å². The lowest BCUT2D eigenvalue weighted by Gasteiger charge is -2.18. The Hall–Kier alpha value is -4.99. The van der Waals surface area contributed by atoms with Crippen molar-refractivity contribution in [3.8, 4) is 11.1 Å². The standard InChI is InChI=1S/C30H25F3N4O3/c1-19(38)35-26(29(40)37-27-8-4-5-17-34-27)18-20-9-15-23(16-10-20)36-28(39)25-7-3-2-6-24(25)21-11-13-22(14-12-21)30(31,32)33/h2-17,26H,18H2,1H3,(H,35,38)(H,36,39)(H,34,37,40). The topological polar surface area (TPSA) is 100 Å². The first kappa shape index (κ1) is 28.0. The number of hydrogen-bond donors (Lipinski definition) is 3. The van der Waals surface area contributed by atoms with Crippen molar-refractivity contribution >= 4 is 29.2 Å². The Morgan fingerprint density at radius 1 is 0.825 bits per heavy atom. The van der Waals surface area contributed by atoms with E-state index < -0.39 is 29.6 Å². The van der Waals surface area contributed by atoms with Crippen LogP contribution in [0.4, 0.5) is 24.7 Å². The highest BCUT2D eigenvalue weighted by molar-refractivity contribution is 6.08. The van der Waals surface area contributed by atoms with Gasteiger partial charge in [-0.1, -0.05) is 48.5 Å². The van der Waals surface area contributed by atoms with Crippen LogP contribution in [-0.4, -0.2) is 28.7 Å². The molecular formula is C30H25F3N4O3. The number of anilines is 2. The van der Waals surface area contributed by atoms with E-state index in [2.05, 4.69) is 20.9 Å². The smallest absolute Gasteiger partial charge is 0.344 e. The minimum Gasteiger partial charge on any atom is -0.344 e. The Morgan fingerprint density at radius 3 is 2.12 bits per heavy atom. The molecule has 1 unspecified atom stereocenters. The maximum absolute atomic E-state index is 13.1. The number of alkyl halides is 3. The fourth-order valence-corrected chi connectivity index (χ4v) is 4.03. The van der Waals surface area contributed by atoms with E-state index in [-0.39, 0.29) is 12.3 Å². The van der Waals surface area contributed by atoms with Crippen LogP contribution >= 0.6 is 0 Å². The molecule has 1 aromatic heterocycles. The van der Waals surface area contributed by atoms with E-state index in [4.69, 9.17) is 0 Å². The summed E-state index contributed by atoms with van der Waals surface area (Å²) in [4.78, 5) is 41.6. The normalized spacial score (nSPS) is 11.8. The Bertz CT molecular complexity index is 1490. The van der Waals surface area contributed by atoms with Gasteiger partial charge in [-0.15, -0.1) is 0 Å². The molecule has 0 aliphatic rings. The Labute approximate surface area is 228 Å². The number of halogens is 3. The first-order valence-electron chi connectivity index (χ1n) is 12.3. The lowest BCUT2D eigenvalue weighted by molar-refractivity contribution is -0.137. The Balaban J connectivity index is 1.45. The number of rotatable bonds is 8. The predicted octanol–water partition coefficient (Wildman–Crippen LogP) is 5.71. The molecule has 4 rings (SSSR count). The SMILES string of the molecule is CC(=O)NC(Cc1ccc(NC(=O)c2ccccc2-c2ccc(C(F)(F)F)cc2)cc1)C(=O)Nc1ccccn1. The molecule has 204 valence electrons. The molecule has 0 fully saturated rings. The summed E-state index contributed by atoms with van der Waals surface area (Å²) in [6.45, 7) is 1.32. The van der Waals surface area contributed by atoms with Gasteiger partial charge < -0.3 is 16.0 Å². The number of nitrogens with one attached hydrogen (secondary N) is 3. The number of carbonyl (C=O) groups excluding carboxylic acids is 3. The van der Waals surface area contributed by atoms with Crippen LogP contribution in [0.5, 0.6) is 0 Å². The van der Waals surface area contributed by atoms with Crippen molar-refractivity contribution in [1.82, 2.24) is 10.3 Å². The second kappa shape index (κ2) is 12.2. The number of nitrogens with zero attached hydrogens (tertiary/aromatic N) is 1. The minimum atomic E-state index is -4.45. The first-order valence-corrected chi connectivity index (χ1v) is 12.3.